The lowest BCUT2D eigenvalue weighted by Gasteiger charge is -2.18. The molecule has 0 spiro atoms. The van der Waals surface area contributed by atoms with Crippen LogP contribution in [0.25, 0.3) is 0 Å². The minimum absolute atomic E-state index is 0.354. The number of nitrogens with zero attached hydrogens (tertiary/aromatic N) is 1. The minimum atomic E-state index is -3.39. The maximum absolute atomic E-state index is 12.5. The van der Waals surface area contributed by atoms with E-state index in [9.17, 15) is 8.42 Å². The van der Waals surface area contributed by atoms with Crippen LogP contribution in [-0.2, 0) is 21.3 Å². The normalized spacial score (nSPS) is 21.8. The van der Waals surface area contributed by atoms with Crippen LogP contribution in [0.4, 0.5) is 0 Å². The first-order chi connectivity index (χ1) is 9.66. The van der Waals surface area contributed by atoms with Gasteiger partial charge >= 0.3 is 0 Å². The van der Waals surface area contributed by atoms with E-state index in [0.717, 1.165) is 12.1 Å². The smallest absolute Gasteiger partial charge is 0.244 e. The SMILES string of the molecule is O=S(=O)(c1c[nH]c(CNC2CC2)c1)N1CCCOCC1. The molecule has 2 aliphatic rings. The van der Waals surface area contributed by atoms with Crippen molar-refractivity contribution in [1.29, 1.82) is 0 Å². The van der Waals surface area contributed by atoms with E-state index in [2.05, 4.69) is 10.3 Å². The van der Waals surface area contributed by atoms with Crippen LogP contribution in [0.3, 0.4) is 0 Å². The standard InChI is InChI=1S/C13H21N3O3S/c17-20(18,16-4-1-6-19-7-5-16)13-8-12(15-10-13)9-14-11-2-3-11/h8,10-11,14-15H,1-7,9H2. The number of nitrogens with one attached hydrogen (secondary N) is 2. The molecular weight excluding hydrogens is 278 g/mol. The van der Waals surface area contributed by atoms with Gasteiger partial charge in [-0.15, -0.1) is 0 Å². The van der Waals surface area contributed by atoms with Crippen LogP contribution in [0, 0.1) is 0 Å². The van der Waals surface area contributed by atoms with Crippen molar-refractivity contribution in [2.45, 2.75) is 36.7 Å². The maximum Gasteiger partial charge on any atom is 0.244 e. The molecule has 2 fully saturated rings. The summed E-state index contributed by atoms with van der Waals surface area (Å²) in [6, 6.07) is 2.34. The molecule has 112 valence electrons. The van der Waals surface area contributed by atoms with Gasteiger partial charge in [-0.1, -0.05) is 0 Å². The molecular formula is C13H21N3O3S. The molecule has 2 heterocycles. The number of H-pyrrole nitrogens is 1. The fraction of sp³-hybridized carbons (Fsp3) is 0.692. The van der Waals surface area contributed by atoms with E-state index >= 15 is 0 Å². The van der Waals surface area contributed by atoms with Crippen LogP contribution in [0.5, 0.6) is 0 Å². The molecule has 1 aliphatic heterocycles. The molecule has 0 bridgehead atoms. The summed E-state index contributed by atoms with van der Waals surface area (Å²) in [4.78, 5) is 3.40. The molecule has 0 atom stereocenters. The van der Waals surface area contributed by atoms with Crippen LogP contribution in [0.2, 0.25) is 0 Å². The van der Waals surface area contributed by atoms with Gasteiger partial charge in [-0.25, -0.2) is 8.42 Å². The zero-order chi connectivity index (χ0) is 14.0. The molecule has 3 rings (SSSR count). The fourth-order valence-electron chi connectivity index (χ4n) is 2.32. The number of aromatic nitrogens is 1. The molecule has 1 saturated heterocycles. The molecule has 1 aliphatic carbocycles. The van der Waals surface area contributed by atoms with Gasteiger partial charge in [0.2, 0.25) is 10.0 Å². The lowest BCUT2D eigenvalue weighted by atomic mass is 10.4. The van der Waals surface area contributed by atoms with E-state index in [1.165, 1.54) is 17.1 Å². The number of rotatable bonds is 5. The molecule has 0 unspecified atom stereocenters. The first-order valence-corrected chi connectivity index (χ1v) is 8.59. The second-order valence-electron chi connectivity index (χ2n) is 5.39. The van der Waals surface area contributed by atoms with E-state index in [1.807, 2.05) is 0 Å². The Morgan fingerprint density at radius 3 is 3.00 bits per heavy atom. The summed E-state index contributed by atoms with van der Waals surface area (Å²) in [6.45, 7) is 2.77. The third kappa shape index (κ3) is 3.22. The first-order valence-electron chi connectivity index (χ1n) is 7.15. The third-order valence-electron chi connectivity index (χ3n) is 3.69. The average molecular weight is 299 g/mol. The van der Waals surface area contributed by atoms with Crippen molar-refractivity contribution >= 4 is 10.0 Å². The molecule has 0 aromatic carbocycles. The van der Waals surface area contributed by atoms with E-state index in [4.69, 9.17) is 4.74 Å². The number of ether oxygens (including phenoxy) is 1. The van der Waals surface area contributed by atoms with Gasteiger partial charge in [0.25, 0.3) is 0 Å². The lowest BCUT2D eigenvalue weighted by Crippen LogP contribution is -2.33. The molecule has 6 nitrogen and oxygen atoms in total. The van der Waals surface area contributed by atoms with Crippen LogP contribution >= 0.6 is 0 Å². The van der Waals surface area contributed by atoms with E-state index in [0.29, 0.717) is 43.8 Å². The fourth-order valence-corrected chi connectivity index (χ4v) is 3.81. The number of hydrogen-bond donors (Lipinski definition) is 2. The summed E-state index contributed by atoms with van der Waals surface area (Å²) in [5.41, 5.74) is 0.918. The van der Waals surface area contributed by atoms with E-state index in [-0.39, 0.29) is 0 Å². The van der Waals surface area contributed by atoms with Crippen molar-refractivity contribution < 1.29 is 13.2 Å². The van der Waals surface area contributed by atoms with Gasteiger partial charge in [-0.2, -0.15) is 4.31 Å². The summed E-state index contributed by atoms with van der Waals surface area (Å²) in [5.74, 6) is 0. The first kappa shape index (κ1) is 14.1. The van der Waals surface area contributed by atoms with Gasteiger partial charge in [0, 0.05) is 44.2 Å². The van der Waals surface area contributed by atoms with Gasteiger partial charge in [0.15, 0.2) is 0 Å². The monoisotopic (exact) mass is 299 g/mol. The van der Waals surface area contributed by atoms with Gasteiger partial charge in [-0.3, -0.25) is 0 Å². The summed E-state index contributed by atoms with van der Waals surface area (Å²) < 4.78 is 31.9. The highest BCUT2D eigenvalue weighted by Gasteiger charge is 2.26. The summed E-state index contributed by atoms with van der Waals surface area (Å²) >= 11 is 0. The van der Waals surface area contributed by atoms with Crippen LogP contribution in [0.1, 0.15) is 25.0 Å². The molecule has 1 aromatic heterocycles. The average Bonchev–Trinajstić information content (AvgIpc) is 3.19. The Labute approximate surface area is 119 Å². The zero-order valence-electron chi connectivity index (χ0n) is 11.5. The Bertz CT molecular complexity index is 543. The molecule has 20 heavy (non-hydrogen) atoms. The maximum atomic E-state index is 12.5. The Balaban J connectivity index is 1.69. The van der Waals surface area contributed by atoms with Crippen molar-refractivity contribution in [3.8, 4) is 0 Å². The predicted octanol–water partition coefficient (Wildman–Crippen LogP) is 0.678. The summed E-state index contributed by atoms with van der Waals surface area (Å²) in [7, 11) is -3.39. The molecule has 0 radical (unpaired) electrons. The van der Waals surface area contributed by atoms with E-state index in [1.54, 1.807) is 12.3 Å². The van der Waals surface area contributed by atoms with Gasteiger partial charge < -0.3 is 15.0 Å². The lowest BCUT2D eigenvalue weighted by molar-refractivity contribution is 0.148. The molecule has 1 saturated carbocycles. The van der Waals surface area contributed by atoms with Gasteiger partial charge in [0.1, 0.15) is 0 Å². The van der Waals surface area contributed by atoms with E-state index < -0.39 is 10.0 Å². The summed E-state index contributed by atoms with van der Waals surface area (Å²) in [6.07, 6.45) is 4.78. The number of aromatic amines is 1. The van der Waals surface area contributed by atoms with Gasteiger partial charge in [-0.05, 0) is 25.3 Å². The highest BCUT2D eigenvalue weighted by Crippen LogP contribution is 2.21. The predicted molar refractivity (Wildman–Crippen MR) is 74.8 cm³/mol. The van der Waals surface area contributed by atoms with Gasteiger partial charge in [0.05, 0.1) is 11.5 Å². The van der Waals surface area contributed by atoms with Crippen molar-refractivity contribution in [2.75, 3.05) is 26.3 Å². The molecule has 2 N–H and O–H groups in total. The largest absolute Gasteiger partial charge is 0.380 e. The Morgan fingerprint density at radius 2 is 2.20 bits per heavy atom. The van der Waals surface area contributed by atoms with Crippen LogP contribution in [-0.4, -0.2) is 50.1 Å². The minimum Gasteiger partial charge on any atom is -0.380 e. The van der Waals surface area contributed by atoms with Crippen molar-refractivity contribution in [1.82, 2.24) is 14.6 Å². The number of hydrogen-bond acceptors (Lipinski definition) is 4. The zero-order valence-corrected chi connectivity index (χ0v) is 12.3. The second kappa shape index (κ2) is 5.85. The quantitative estimate of drug-likeness (QED) is 0.838. The number of sulfonamides is 1. The highest BCUT2D eigenvalue weighted by atomic mass is 32.2. The Kier molecular flexibility index (Phi) is 4.11. The molecule has 7 heteroatoms. The molecule has 1 aromatic rings. The topological polar surface area (TPSA) is 74.4 Å². The third-order valence-corrected chi connectivity index (χ3v) is 5.57. The van der Waals surface area contributed by atoms with Crippen molar-refractivity contribution in [3.63, 3.8) is 0 Å². The van der Waals surface area contributed by atoms with Crippen LogP contribution < -0.4 is 5.32 Å². The van der Waals surface area contributed by atoms with Crippen molar-refractivity contribution in [2.24, 2.45) is 0 Å². The Morgan fingerprint density at radius 1 is 1.35 bits per heavy atom. The van der Waals surface area contributed by atoms with Crippen LogP contribution in [0.15, 0.2) is 17.2 Å². The van der Waals surface area contributed by atoms with Crippen molar-refractivity contribution in [3.05, 3.63) is 18.0 Å². The second-order valence-corrected chi connectivity index (χ2v) is 7.32. The summed E-state index contributed by atoms with van der Waals surface area (Å²) in [5, 5.41) is 3.37. The highest BCUT2D eigenvalue weighted by molar-refractivity contribution is 7.89. The molecule has 0 amide bonds. The Hall–Kier alpha value is -0.890.